The van der Waals surface area contributed by atoms with Gasteiger partial charge in [0.2, 0.25) is 5.88 Å². The fourth-order valence-corrected chi connectivity index (χ4v) is 6.05. The molecule has 0 saturated heterocycles. The Morgan fingerprint density at radius 2 is 2.13 bits per heavy atom. The highest BCUT2D eigenvalue weighted by atomic mass is 32.2. The lowest BCUT2D eigenvalue weighted by Gasteiger charge is -2.30. The predicted molar refractivity (Wildman–Crippen MR) is 119 cm³/mol. The molecule has 5 rings (SSSR count). The minimum Gasteiger partial charge on any atom is -0.476 e. The molecule has 0 spiro atoms. The average Bonchev–Trinajstić information content (AvgIpc) is 3.37. The maximum Gasteiger partial charge on any atom is 0.354 e. The number of ether oxygens (including phenoxy) is 1. The molecule has 0 saturated carbocycles. The summed E-state index contributed by atoms with van der Waals surface area (Å²) in [5, 5.41) is 13.2. The highest BCUT2D eigenvalue weighted by Gasteiger charge is 2.32. The number of nitrogens with two attached hydrogens (primary N) is 1. The second-order valence-electron chi connectivity index (χ2n) is 9.91. The summed E-state index contributed by atoms with van der Waals surface area (Å²) in [6.07, 6.45) is 6.39. The number of urea groups is 1. The predicted octanol–water partition coefficient (Wildman–Crippen LogP) is 3.46. The lowest BCUT2D eigenvalue weighted by molar-refractivity contribution is 0.0972. The molecule has 2 aromatic rings. The van der Waals surface area contributed by atoms with Crippen LogP contribution in [0.1, 0.15) is 49.4 Å². The largest absolute Gasteiger partial charge is 0.476 e. The van der Waals surface area contributed by atoms with Crippen molar-refractivity contribution in [3.05, 3.63) is 34.5 Å². The first-order chi connectivity index (χ1) is 14.6. The van der Waals surface area contributed by atoms with E-state index in [1.807, 2.05) is 0 Å². The van der Waals surface area contributed by atoms with Gasteiger partial charge in [0.25, 0.3) is 0 Å². The standard InChI is InChI=1S/C22H29N5O3S/c1-13-7-15-9-14-5-4-6-16(14)19(17(15)8-13)25-21(28)26-31(23,29)18-10-24-27-11-22(2,3)12-30-20(18)27/h9-10,13H,4-8,11-12H2,1-3H3,(H3,23,25,26,28,29)/t13-,31?/m1/s1. The number of nitrogens with zero attached hydrogens (tertiary/aromatic N) is 3. The number of nitrogens with one attached hydrogen (secondary N) is 1. The molecule has 3 N–H and O–H groups in total. The number of carbonyl (C=O) groups is 1. The quantitative estimate of drug-likeness (QED) is 0.740. The van der Waals surface area contributed by atoms with E-state index in [4.69, 9.17) is 9.88 Å². The van der Waals surface area contributed by atoms with E-state index >= 15 is 0 Å². The zero-order valence-electron chi connectivity index (χ0n) is 18.2. The van der Waals surface area contributed by atoms with Crippen molar-refractivity contribution in [3.8, 4) is 5.88 Å². The van der Waals surface area contributed by atoms with Crippen LogP contribution in [-0.4, -0.2) is 26.6 Å². The molecule has 3 aliphatic rings. The van der Waals surface area contributed by atoms with Crippen molar-refractivity contribution in [2.75, 3.05) is 11.9 Å². The fraction of sp³-hybridized carbons (Fsp3) is 0.545. The third-order valence-corrected chi connectivity index (χ3v) is 7.77. The summed E-state index contributed by atoms with van der Waals surface area (Å²) in [7, 11) is -3.50. The number of anilines is 1. The Morgan fingerprint density at radius 3 is 2.94 bits per heavy atom. The zero-order chi connectivity index (χ0) is 22.0. The third-order valence-electron chi connectivity index (χ3n) is 6.42. The van der Waals surface area contributed by atoms with Gasteiger partial charge in [-0.15, -0.1) is 4.36 Å². The van der Waals surface area contributed by atoms with Crippen molar-refractivity contribution in [3.63, 3.8) is 0 Å². The molecule has 0 fully saturated rings. The Labute approximate surface area is 182 Å². The minimum atomic E-state index is -3.50. The van der Waals surface area contributed by atoms with Crippen LogP contribution in [0.15, 0.2) is 21.5 Å². The van der Waals surface area contributed by atoms with Gasteiger partial charge in [-0.3, -0.25) is 0 Å². The summed E-state index contributed by atoms with van der Waals surface area (Å²) in [6, 6.07) is 1.61. The number of amides is 2. The molecule has 1 aromatic carbocycles. The van der Waals surface area contributed by atoms with Crippen LogP contribution in [0, 0.1) is 11.3 Å². The van der Waals surface area contributed by atoms with E-state index in [-0.39, 0.29) is 10.3 Å². The van der Waals surface area contributed by atoms with Crippen molar-refractivity contribution in [2.24, 2.45) is 20.8 Å². The second-order valence-corrected chi connectivity index (χ2v) is 11.7. The monoisotopic (exact) mass is 443 g/mol. The van der Waals surface area contributed by atoms with Crippen LogP contribution < -0.4 is 15.2 Å². The number of hydrogen-bond acceptors (Lipinski definition) is 4. The van der Waals surface area contributed by atoms with Gasteiger partial charge in [0, 0.05) is 11.1 Å². The number of fused-ring (bicyclic) bond motifs is 3. The van der Waals surface area contributed by atoms with Gasteiger partial charge in [-0.25, -0.2) is 18.8 Å². The van der Waals surface area contributed by atoms with Crippen LogP contribution >= 0.6 is 0 Å². The molecule has 8 nitrogen and oxygen atoms in total. The summed E-state index contributed by atoms with van der Waals surface area (Å²) in [6.45, 7) is 7.41. The Morgan fingerprint density at radius 1 is 1.32 bits per heavy atom. The van der Waals surface area contributed by atoms with Crippen molar-refractivity contribution in [1.29, 1.82) is 0 Å². The van der Waals surface area contributed by atoms with Gasteiger partial charge in [0.05, 0.1) is 19.3 Å². The van der Waals surface area contributed by atoms with E-state index in [0.29, 0.717) is 24.9 Å². The van der Waals surface area contributed by atoms with Crippen LogP contribution in [0.5, 0.6) is 5.88 Å². The molecular weight excluding hydrogens is 414 g/mol. The molecule has 0 bridgehead atoms. The van der Waals surface area contributed by atoms with Gasteiger partial charge in [0.15, 0.2) is 9.92 Å². The molecule has 2 amide bonds. The number of aromatic nitrogens is 2. The Hall–Kier alpha value is -2.39. The van der Waals surface area contributed by atoms with Crippen molar-refractivity contribution in [2.45, 2.75) is 64.3 Å². The van der Waals surface area contributed by atoms with E-state index < -0.39 is 15.9 Å². The summed E-state index contributed by atoms with van der Waals surface area (Å²) in [5.74, 6) is 0.878. The van der Waals surface area contributed by atoms with Gasteiger partial charge >= 0.3 is 6.03 Å². The van der Waals surface area contributed by atoms with Crippen molar-refractivity contribution >= 4 is 21.6 Å². The summed E-state index contributed by atoms with van der Waals surface area (Å²) in [5.41, 5.74) is 5.75. The molecule has 2 atom stereocenters. The van der Waals surface area contributed by atoms with Gasteiger partial charge in [-0.05, 0) is 60.3 Å². The highest BCUT2D eigenvalue weighted by molar-refractivity contribution is 7.91. The van der Waals surface area contributed by atoms with Crippen LogP contribution in [0.4, 0.5) is 10.5 Å². The van der Waals surface area contributed by atoms with E-state index in [1.54, 1.807) is 4.68 Å². The summed E-state index contributed by atoms with van der Waals surface area (Å²) < 4.78 is 24.5. The smallest absolute Gasteiger partial charge is 0.354 e. The maximum absolute atomic E-state index is 13.2. The van der Waals surface area contributed by atoms with Crippen LogP contribution in [0.25, 0.3) is 0 Å². The minimum absolute atomic E-state index is 0.0918. The van der Waals surface area contributed by atoms with Crippen molar-refractivity contribution in [1.82, 2.24) is 9.78 Å². The van der Waals surface area contributed by atoms with E-state index in [2.05, 4.69) is 41.6 Å². The first-order valence-corrected chi connectivity index (χ1v) is 12.4. The van der Waals surface area contributed by atoms with Crippen molar-refractivity contribution < 1.29 is 13.7 Å². The van der Waals surface area contributed by atoms with E-state index in [1.165, 1.54) is 28.5 Å². The molecular formula is C22H29N5O3S. The first-order valence-electron chi connectivity index (χ1n) is 10.8. The number of carbonyl (C=O) groups excluding carboxylic acids is 1. The van der Waals surface area contributed by atoms with Gasteiger partial charge in [-0.1, -0.05) is 26.8 Å². The fourth-order valence-electron chi connectivity index (χ4n) is 5.05. The normalized spacial score (nSPS) is 22.6. The molecule has 1 unspecified atom stereocenters. The molecule has 166 valence electrons. The molecule has 2 aliphatic carbocycles. The number of aryl methyl sites for hydroxylation is 1. The number of benzene rings is 1. The summed E-state index contributed by atoms with van der Waals surface area (Å²) in [4.78, 5) is 13.0. The van der Waals surface area contributed by atoms with Crippen LogP contribution in [-0.2, 0) is 42.1 Å². The van der Waals surface area contributed by atoms with Gasteiger partial charge < -0.3 is 10.1 Å². The van der Waals surface area contributed by atoms with E-state index in [9.17, 15) is 9.00 Å². The number of hydrogen-bond donors (Lipinski definition) is 2. The number of rotatable bonds is 2. The molecule has 31 heavy (non-hydrogen) atoms. The zero-order valence-corrected chi connectivity index (χ0v) is 19.1. The molecule has 2 heterocycles. The molecule has 9 heteroatoms. The molecule has 0 radical (unpaired) electrons. The van der Waals surface area contributed by atoms with E-state index in [0.717, 1.165) is 37.8 Å². The Balaban J connectivity index is 1.47. The third kappa shape index (κ3) is 3.63. The highest BCUT2D eigenvalue weighted by Crippen LogP contribution is 2.40. The lowest BCUT2D eigenvalue weighted by atomic mass is 9.94. The lowest BCUT2D eigenvalue weighted by Crippen LogP contribution is -2.33. The Kier molecular flexibility index (Phi) is 4.67. The maximum atomic E-state index is 13.2. The van der Waals surface area contributed by atoms with Gasteiger partial charge in [0.1, 0.15) is 4.90 Å². The van der Waals surface area contributed by atoms with Gasteiger partial charge in [-0.2, -0.15) is 5.10 Å². The molecule has 1 aliphatic heterocycles. The second kappa shape index (κ2) is 7.06. The van der Waals surface area contributed by atoms with Crippen LogP contribution in [0.3, 0.4) is 0 Å². The average molecular weight is 444 g/mol. The first kappa shape index (κ1) is 20.5. The Bertz CT molecular complexity index is 1210. The topological polar surface area (TPSA) is 112 Å². The SMILES string of the molecule is C[C@@H]1Cc2cc3c(c(NC(=O)N=S(N)(=O)c4cnn5c4OCC(C)(C)C5)c2C1)CCC3. The summed E-state index contributed by atoms with van der Waals surface area (Å²) >= 11 is 0. The van der Waals surface area contributed by atoms with Crippen LogP contribution in [0.2, 0.25) is 0 Å². The molecule has 1 aromatic heterocycles.